The van der Waals surface area contributed by atoms with Crippen molar-refractivity contribution in [3.05, 3.63) is 35.5 Å². The molecule has 0 bridgehead atoms. The molecule has 1 aromatic heterocycles. The molecule has 1 fully saturated rings. The van der Waals surface area contributed by atoms with E-state index in [1.807, 2.05) is 25.2 Å². The zero-order valence-corrected chi connectivity index (χ0v) is 17.6. The van der Waals surface area contributed by atoms with Gasteiger partial charge >= 0.3 is 0 Å². The molecule has 6 nitrogen and oxygen atoms in total. The minimum absolute atomic E-state index is 0.0148. The van der Waals surface area contributed by atoms with E-state index in [1.54, 1.807) is 4.90 Å². The Morgan fingerprint density at radius 1 is 1.29 bits per heavy atom. The van der Waals surface area contributed by atoms with Crippen LogP contribution in [0.2, 0.25) is 0 Å². The number of aromatic nitrogens is 1. The summed E-state index contributed by atoms with van der Waals surface area (Å²) < 4.78 is 0. The lowest BCUT2D eigenvalue weighted by Crippen LogP contribution is -2.58. The molecule has 2 aromatic rings. The first kappa shape index (κ1) is 20.4. The van der Waals surface area contributed by atoms with Crippen molar-refractivity contribution in [2.45, 2.75) is 46.7 Å². The van der Waals surface area contributed by atoms with Crippen LogP contribution in [0.3, 0.4) is 0 Å². The summed E-state index contributed by atoms with van der Waals surface area (Å²) in [5, 5.41) is 4.09. The van der Waals surface area contributed by atoms with E-state index in [9.17, 15) is 9.59 Å². The van der Waals surface area contributed by atoms with Gasteiger partial charge in [0.1, 0.15) is 0 Å². The van der Waals surface area contributed by atoms with E-state index in [0.29, 0.717) is 13.1 Å². The molecule has 1 aliphatic heterocycles. The molecule has 1 saturated heterocycles. The van der Waals surface area contributed by atoms with Gasteiger partial charge in [-0.25, -0.2) is 0 Å². The SMILES string of the molecule is Cc1c(CN(C)C(=O)CC2C(=O)NCCN2CC(C)(C)C)[nH]c2ccccc12. The van der Waals surface area contributed by atoms with Gasteiger partial charge in [-0.15, -0.1) is 0 Å². The number of nitrogens with one attached hydrogen (secondary N) is 2. The van der Waals surface area contributed by atoms with E-state index < -0.39 is 6.04 Å². The number of piperazine rings is 1. The largest absolute Gasteiger partial charge is 0.357 e. The van der Waals surface area contributed by atoms with Crippen LogP contribution in [0.4, 0.5) is 0 Å². The molecule has 1 unspecified atom stereocenters. The summed E-state index contributed by atoms with van der Waals surface area (Å²) in [6.45, 7) is 11.3. The summed E-state index contributed by atoms with van der Waals surface area (Å²) >= 11 is 0. The summed E-state index contributed by atoms with van der Waals surface area (Å²) in [5.41, 5.74) is 3.36. The quantitative estimate of drug-likeness (QED) is 0.833. The third-order valence-electron chi connectivity index (χ3n) is 5.38. The van der Waals surface area contributed by atoms with E-state index in [2.05, 4.69) is 49.0 Å². The van der Waals surface area contributed by atoms with Gasteiger partial charge in [0.2, 0.25) is 11.8 Å². The van der Waals surface area contributed by atoms with Gasteiger partial charge in [-0.1, -0.05) is 39.0 Å². The molecule has 1 atom stereocenters. The lowest BCUT2D eigenvalue weighted by Gasteiger charge is -2.39. The number of rotatable bonds is 5. The Morgan fingerprint density at radius 3 is 2.68 bits per heavy atom. The van der Waals surface area contributed by atoms with Crippen molar-refractivity contribution in [1.29, 1.82) is 0 Å². The van der Waals surface area contributed by atoms with Gasteiger partial charge < -0.3 is 15.2 Å². The van der Waals surface area contributed by atoms with Gasteiger partial charge in [0.05, 0.1) is 19.0 Å². The van der Waals surface area contributed by atoms with Gasteiger partial charge in [-0.05, 0) is 24.0 Å². The molecule has 152 valence electrons. The lowest BCUT2D eigenvalue weighted by molar-refractivity contribution is -0.138. The lowest BCUT2D eigenvalue weighted by atomic mass is 9.94. The molecular weight excluding hydrogens is 352 g/mol. The Bertz CT molecular complexity index is 865. The Labute approximate surface area is 167 Å². The minimum atomic E-state index is -0.397. The molecule has 0 spiro atoms. The molecule has 1 aliphatic rings. The van der Waals surface area contributed by atoms with Crippen molar-refractivity contribution in [2.75, 3.05) is 26.7 Å². The number of aryl methyl sites for hydroxylation is 1. The molecule has 1 aromatic carbocycles. The number of H-pyrrole nitrogens is 1. The average Bonchev–Trinajstić information content (AvgIpc) is 2.92. The number of amides is 2. The first-order valence-corrected chi connectivity index (χ1v) is 9.97. The van der Waals surface area contributed by atoms with Crippen LogP contribution < -0.4 is 5.32 Å². The molecule has 0 saturated carbocycles. The Morgan fingerprint density at radius 2 is 2.00 bits per heavy atom. The fourth-order valence-electron chi connectivity index (χ4n) is 3.93. The zero-order valence-electron chi connectivity index (χ0n) is 17.6. The molecule has 3 rings (SSSR count). The predicted molar refractivity (Wildman–Crippen MR) is 112 cm³/mol. The topological polar surface area (TPSA) is 68.4 Å². The second-order valence-corrected chi connectivity index (χ2v) is 9.07. The number of para-hydroxylation sites is 1. The highest BCUT2D eigenvalue weighted by atomic mass is 16.2. The normalized spacial score (nSPS) is 18.3. The third kappa shape index (κ3) is 4.55. The summed E-state index contributed by atoms with van der Waals surface area (Å²) in [7, 11) is 1.81. The number of hydrogen-bond acceptors (Lipinski definition) is 3. The van der Waals surface area contributed by atoms with Crippen molar-refractivity contribution >= 4 is 22.7 Å². The van der Waals surface area contributed by atoms with E-state index in [1.165, 1.54) is 10.9 Å². The van der Waals surface area contributed by atoms with Gasteiger partial charge in [0.25, 0.3) is 0 Å². The van der Waals surface area contributed by atoms with Crippen LogP contribution in [-0.4, -0.2) is 59.3 Å². The van der Waals surface area contributed by atoms with Gasteiger partial charge in [0, 0.05) is 43.3 Å². The number of benzene rings is 1. The molecule has 0 aliphatic carbocycles. The standard InChI is InChI=1S/C22H32N4O2/c1-15-16-8-6-7-9-17(16)24-18(15)13-25(5)20(27)12-19-21(28)23-10-11-26(19)14-22(2,3)4/h6-9,19,24H,10-14H2,1-5H3,(H,23,28). The van der Waals surface area contributed by atoms with E-state index in [-0.39, 0.29) is 23.7 Å². The van der Waals surface area contributed by atoms with Crippen LogP contribution in [0.15, 0.2) is 24.3 Å². The monoisotopic (exact) mass is 384 g/mol. The highest BCUT2D eigenvalue weighted by molar-refractivity contribution is 5.89. The fraction of sp³-hybridized carbons (Fsp3) is 0.545. The van der Waals surface area contributed by atoms with Gasteiger partial charge in [-0.2, -0.15) is 0 Å². The molecule has 28 heavy (non-hydrogen) atoms. The molecule has 2 amide bonds. The molecule has 6 heteroatoms. The zero-order chi connectivity index (χ0) is 20.5. The van der Waals surface area contributed by atoms with Crippen LogP contribution in [0.5, 0.6) is 0 Å². The maximum Gasteiger partial charge on any atom is 0.237 e. The fourth-order valence-corrected chi connectivity index (χ4v) is 3.93. The Kier molecular flexibility index (Phi) is 5.79. The molecule has 2 N–H and O–H groups in total. The number of fused-ring (bicyclic) bond motifs is 1. The van der Waals surface area contributed by atoms with Crippen LogP contribution in [0, 0.1) is 12.3 Å². The second-order valence-electron chi connectivity index (χ2n) is 9.07. The molecule has 2 heterocycles. The van der Waals surface area contributed by atoms with Crippen molar-refractivity contribution in [3.63, 3.8) is 0 Å². The predicted octanol–water partition coefficient (Wildman–Crippen LogP) is 2.67. The number of carbonyl (C=O) groups excluding carboxylic acids is 2. The van der Waals surface area contributed by atoms with Gasteiger partial charge in [-0.3, -0.25) is 14.5 Å². The second kappa shape index (κ2) is 7.95. The average molecular weight is 385 g/mol. The van der Waals surface area contributed by atoms with E-state index >= 15 is 0 Å². The van der Waals surface area contributed by atoms with Crippen LogP contribution in [-0.2, 0) is 16.1 Å². The number of aromatic amines is 1. The Hall–Kier alpha value is -2.34. The number of hydrogen-bond donors (Lipinski definition) is 2. The highest BCUT2D eigenvalue weighted by Gasteiger charge is 2.34. The van der Waals surface area contributed by atoms with Crippen LogP contribution in [0.25, 0.3) is 10.9 Å². The maximum absolute atomic E-state index is 12.9. The number of carbonyl (C=O) groups is 2. The summed E-state index contributed by atoms with van der Waals surface area (Å²) in [4.78, 5) is 32.6. The minimum Gasteiger partial charge on any atom is -0.357 e. The molecular formula is C22H32N4O2. The Balaban J connectivity index is 1.69. The van der Waals surface area contributed by atoms with Crippen molar-refractivity contribution in [2.24, 2.45) is 5.41 Å². The van der Waals surface area contributed by atoms with Crippen molar-refractivity contribution in [1.82, 2.24) is 20.1 Å². The summed E-state index contributed by atoms with van der Waals surface area (Å²) in [6.07, 6.45) is 0.206. The first-order chi connectivity index (χ1) is 13.2. The van der Waals surface area contributed by atoms with E-state index in [4.69, 9.17) is 0 Å². The van der Waals surface area contributed by atoms with Gasteiger partial charge in [0.15, 0.2) is 0 Å². The molecule has 0 radical (unpaired) electrons. The summed E-state index contributed by atoms with van der Waals surface area (Å²) in [6, 6.07) is 7.76. The maximum atomic E-state index is 12.9. The highest BCUT2D eigenvalue weighted by Crippen LogP contribution is 2.23. The number of nitrogens with zero attached hydrogens (tertiary/aromatic N) is 2. The van der Waals surface area contributed by atoms with Crippen LogP contribution in [0.1, 0.15) is 38.4 Å². The van der Waals surface area contributed by atoms with Crippen LogP contribution >= 0.6 is 0 Å². The van der Waals surface area contributed by atoms with Crippen molar-refractivity contribution in [3.8, 4) is 0 Å². The third-order valence-corrected chi connectivity index (χ3v) is 5.38. The smallest absolute Gasteiger partial charge is 0.237 e. The first-order valence-electron chi connectivity index (χ1n) is 9.97. The summed E-state index contributed by atoms with van der Waals surface area (Å²) in [5.74, 6) is -0.0574. The van der Waals surface area contributed by atoms with Crippen molar-refractivity contribution < 1.29 is 9.59 Å². The van der Waals surface area contributed by atoms with E-state index in [0.717, 1.165) is 24.3 Å².